The number of hydrogen-bond acceptors (Lipinski definition) is 7. The fourth-order valence-corrected chi connectivity index (χ4v) is 2.25. The summed E-state index contributed by atoms with van der Waals surface area (Å²) in [6, 6.07) is 0. The summed E-state index contributed by atoms with van der Waals surface area (Å²) < 4.78 is 5.63. The van der Waals surface area contributed by atoms with Gasteiger partial charge in [-0.15, -0.1) is 0 Å². The molecule has 0 aromatic heterocycles. The standard InChI is InChI=1S/C19H35N5O7/c1-18(2,5-17(29)30)11-31-12-19(3,4)10-24-16(28)9-23-15(27)8-22-14(26)7-21-13(25)6-20/h5-12,20H2,1-4H3,(H,21,25)(H,22,26)(H,23,27)(H,24,28)(H,29,30). The Bertz CT molecular complexity index is 650. The Balaban J connectivity index is 4.07. The average molecular weight is 446 g/mol. The van der Waals surface area contributed by atoms with Crippen LogP contribution in [0.15, 0.2) is 0 Å². The molecule has 0 radical (unpaired) electrons. The summed E-state index contributed by atoms with van der Waals surface area (Å²) in [7, 11) is 0. The van der Waals surface area contributed by atoms with Gasteiger partial charge in [0.2, 0.25) is 23.6 Å². The van der Waals surface area contributed by atoms with Crippen LogP contribution in [-0.2, 0) is 28.7 Å². The molecule has 31 heavy (non-hydrogen) atoms. The lowest BCUT2D eigenvalue weighted by Gasteiger charge is -2.28. The Labute approximate surface area is 182 Å². The summed E-state index contributed by atoms with van der Waals surface area (Å²) >= 11 is 0. The molecule has 0 aromatic rings. The van der Waals surface area contributed by atoms with Gasteiger partial charge in [0.05, 0.1) is 45.8 Å². The predicted molar refractivity (Wildman–Crippen MR) is 112 cm³/mol. The van der Waals surface area contributed by atoms with Crippen LogP contribution in [0.1, 0.15) is 34.1 Å². The molecule has 178 valence electrons. The van der Waals surface area contributed by atoms with Crippen molar-refractivity contribution in [2.75, 3.05) is 45.9 Å². The van der Waals surface area contributed by atoms with Gasteiger partial charge in [-0.1, -0.05) is 27.7 Å². The molecule has 12 heteroatoms. The number of carboxylic acid groups (broad SMARTS) is 1. The van der Waals surface area contributed by atoms with Crippen molar-refractivity contribution in [2.45, 2.75) is 34.1 Å². The van der Waals surface area contributed by atoms with Crippen LogP contribution in [0.5, 0.6) is 0 Å². The highest BCUT2D eigenvalue weighted by Gasteiger charge is 2.25. The van der Waals surface area contributed by atoms with E-state index in [2.05, 4.69) is 21.3 Å². The van der Waals surface area contributed by atoms with Gasteiger partial charge < -0.3 is 36.8 Å². The van der Waals surface area contributed by atoms with Crippen LogP contribution in [-0.4, -0.2) is 80.6 Å². The number of carbonyl (C=O) groups is 5. The molecule has 4 amide bonds. The van der Waals surface area contributed by atoms with Gasteiger partial charge in [-0.05, 0) is 5.41 Å². The summed E-state index contributed by atoms with van der Waals surface area (Å²) in [5, 5.41) is 18.5. The van der Waals surface area contributed by atoms with Crippen LogP contribution in [0.3, 0.4) is 0 Å². The van der Waals surface area contributed by atoms with Gasteiger partial charge in [0.25, 0.3) is 0 Å². The average Bonchev–Trinajstić information content (AvgIpc) is 2.65. The topological polar surface area (TPSA) is 189 Å². The Morgan fingerprint density at radius 3 is 1.61 bits per heavy atom. The van der Waals surface area contributed by atoms with Gasteiger partial charge in [0.15, 0.2) is 0 Å². The van der Waals surface area contributed by atoms with Crippen molar-refractivity contribution in [3.05, 3.63) is 0 Å². The zero-order valence-electron chi connectivity index (χ0n) is 18.6. The highest BCUT2D eigenvalue weighted by molar-refractivity contribution is 5.90. The highest BCUT2D eigenvalue weighted by atomic mass is 16.5. The summed E-state index contributed by atoms with van der Waals surface area (Å²) in [5.74, 6) is -2.91. The molecule has 12 nitrogen and oxygen atoms in total. The van der Waals surface area contributed by atoms with E-state index in [0.717, 1.165) is 0 Å². The van der Waals surface area contributed by atoms with Crippen LogP contribution in [0.25, 0.3) is 0 Å². The highest BCUT2D eigenvalue weighted by Crippen LogP contribution is 2.22. The third-order valence-electron chi connectivity index (χ3n) is 3.90. The second-order valence-corrected chi connectivity index (χ2v) is 8.70. The Morgan fingerprint density at radius 1 is 0.742 bits per heavy atom. The van der Waals surface area contributed by atoms with Crippen molar-refractivity contribution < 1.29 is 33.8 Å². The molecule has 0 fully saturated rings. The van der Waals surface area contributed by atoms with Crippen LogP contribution in [0, 0.1) is 10.8 Å². The maximum Gasteiger partial charge on any atom is 0.303 e. The monoisotopic (exact) mass is 445 g/mol. The van der Waals surface area contributed by atoms with Crippen LogP contribution >= 0.6 is 0 Å². The van der Waals surface area contributed by atoms with E-state index >= 15 is 0 Å². The quantitative estimate of drug-likeness (QED) is 0.166. The van der Waals surface area contributed by atoms with Gasteiger partial charge >= 0.3 is 5.97 Å². The SMILES string of the molecule is CC(C)(CNC(=O)CNC(=O)CNC(=O)CNC(=O)CN)COCC(C)(C)CC(=O)O. The van der Waals surface area contributed by atoms with Crippen LogP contribution < -0.4 is 27.0 Å². The Kier molecular flexibility index (Phi) is 12.4. The number of nitrogens with one attached hydrogen (secondary N) is 4. The second-order valence-electron chi connectivity index (χ2n) is 8.70. The zero-order valence-corrected chi connectivity index (χ0v) is 18.6. The minimum absolute atomic E-state index is 0.00729. The molecule has 0 rings (SSSR count). The minimum atomic E-state index is -0.889. The lowest BCUT2D eigenvalue weighted by atomic mass is 9.90. The van der Waals surface area contributed by atoms with E-state index < -0.39 is 40.4 Å². The summed E-state index contributed by atoms with van der Waals surface area (Å²) in [6.45, 7) is 7.11. The molecule has 0 saturated carbocycles. The Hall–Kier alpha value is -2.73. The molecule has 0 atom stereocenters. The lowest BCUT2D eigenvalue weighted by molar-refractivity contribution is -0.140. The van der Waals surface area contributed by atoms with E-state index in [0.29, 0.717) is 13.2 Å². The largest absolute Gasteiger partial charge is 0.481 e. The first-order valence-corrected chi connectivity index (χ1v) is 9.83. The molecule has 0 aromatic carbocycles. The van der Waals surface area contributed by atoms with Crippen molar-refractivity contribution in [1.82, 2.24) is 21.3 Å². The number of amides is 4. The maximum absolute atomic E-state index is 11.9. The van der Waals surface area contributed by atoms with E-state index in [1.807, 2.05) is 13.8 Å². The zero-order chi connectivity index (χ0) is 24.1. The maximum atomic E-state index is 11.9. The molecule has 0 bridgehead atoms. The molecule has 0 unspecified atom stereocenters. The van der Waals surface area contributed by atoms with Crippen LogP contribution in [0.4, 0.5) is 0 Å². The third-order valence-corrected chi connectivity index (χ3v) is 3.90. The first-order chi connectivity index (χ1) is 14.3. The number of rotatable bonds is 15. The molecule has 0 aliphatic rings. The van der Waals surface area contributed by atoms with Crippen molar-refractivity contribution in [2.24, 2.45) is 16.6 Å². The number of hydrogen-bond donors (Lipinski definition) is 6. The molecule has 0 saturated heterocycles. The van der Waals surface area contributed by atoms with Gasteiger partial charge in [-0.3, -0.25) is 24.0 Å². The molecule has 0 spiro atoms. The second kappa shape index (κ2) is 13.5. The van der Waals surface area contributed by atoms with Crippen molar-refractivity contribution in [3.8, 4) is 0 Å². The number of nitrogens with two attached hydrogens (primary N) is 1. The number of ether oxygens (including phenoxy) is 1. The van der Waals surface area contributed by atoms with E-state index in [9.17, 15) is 24.0 Å². The fraction of sp³-hybridized carbons (Fsp3) is 0.737. The normalized spacial score (nSPS) is 11.4. The molecular formula is C19H35N5O7. The summed E-state index contributed by atoms with van der Waals surface area (Å²) in [5.41, 5.74) is 4.18. The van der Waals surface area contributed by atoms with Crippen molar-refractivity contribution >= 4 is 29.6 Å². The molecule has 0 aliphatic carbocycles. The number of aliphatic carboxylic acids is 1. The summed E-state index contributed by atoms with van der Waals surface area (Å²) in [4.78, 5) is 56.8. The number of carboxylic acids is 1. The summed E-state index contributed by atoms with van der Waals surface area (Å²) in [6.07, 6.45) is -0.00729. The fourth-order valence-electron chi connectivity index (χ4n) is 2.25. The van der Waals surface area contributed by atoms with Gasteiger partial charge in [0, 0.05) is 12.0 Å². The molecular weight excluding hydrogens is 410 g/mol. The smallest absolute Gasteiger partial charge is 0.303 e. The number of carbonyl (C=O) groups excluding carboxylic acids is 4. The van der Waals surface area contributed by atoms with Gasteiger partial charge in [0.1, 0.15) is 0 Å². The van der Waals surface area contributed by atoms with E-state index in [-0.39, 0.29) is 39.2 Å². The molecule has 0 heterocycles. The third kappa shape index (κ3) is 15.7. The first kappa shape index (κ1) is 28.3. The van der Waals surface area contributed by atoms with Crippen LogP contribution in [0.2, 0.25) is 0 Å². The molecule has 0 aliphatic heterocycles. The van der Waals surface area contributed by atoms with Crippen molar-refractivity contribution in [3.63, 3.8) is 0 Å². The molecule has 7 N–H and O–H groups in total. The van der Waals surface area contributed by atoms with Gasteiger partial charge in [-0.2, -0.15) is 0 Å². The lowest BCUT2D eigenvalue weighted by Crippen LogP contribution is -2.46. The van der Waals surface area contributed by atoms with E-state index in [1.165, 1.54) is 0 Å². The van der Waals surface area contributed by atoms with E-state index in [1.54, 1.807) is 13.8 Å². The van der Waals surface area contributed by atoms with Gasteiger partial charge in [-0.25, -0.2) is 0 Å². The van der Waals surface area contributed by atoms with E-state index in [4.69, 9.17) is 15.6 Å². The predicted octanol–water partition coefficient (Wildman–Crippen LogP) is -2.05. The van der Waals surface area contributed by atoms with Crippen molar-refractivity contribution in [1.29, 1.82) is 0 Å². The Morgan fingerprint density at radius 2 is 1.16 bits per heavy atom. The first-order valence-electron chi connectivity index (χ1n) is 9.83. The minimum Gasteiger partial charge on any atom is -0.481 e.